The van der Waals surface area contributed by atoms with Gasteiger partial charge in [-0.05, 0) is 18.6 Å². The maximum Gasteiger partial charge on any atom is 0.289 e. The predicted octanol–water partition coefficient (Wildman–Crippen LogP) is 1.68. The van der Waals surface area contributed by atoms with Crippen molar-refractivity contribution < 1.29 is 17.6 Å². The van der Waals surface area contributed by atoms with Gasteiger partial charge in [-0.3, -0.25) is 14.3 Å². The summed E-state index contributed by atoms with van der Waals surface area (Å²) in [5, 5.41) is 10.5. The molecule has 0 spiro atoms. The van der Waals surface area contributed by atoms with Gasteiger partial charge >= 0.3 is 0 Å². The lowest BCUT2D eigenvalue weighted by Crippen LogP contribution is -2.27. The topological polar surface area (TPSA) is 106 Å². The minimum absolute atomic E-state index is 0.0967. The van der Waals surface area contributed by atoms with Gasteiger partial charge in [-0.1, -0.05) is 18.5 Å². The van der Waals surface area contributed by atoms with Crippen LogP contribution in [0, 0.1) is 10.1 Å². The maximum atomic E-state index is 12.0. The molecule has 0 saturated carbocycles. The molecule has 0 saturated heterocycles. The number of hydrogen-bond acceptors (Lipinski definition) is 5. The van der Waals surface area contributed by atoms with Crippen molar-refractivity contribution in [1.29, 1.82) is 0 Å². The van der Waals surface area contributed by atoms with Crippen molar-refractivity contribution >= 4 is 38.1 Å². The Morgan fingerprint density at radius 1 is 1.48 bits per heavy atom. The molecule has 0 radical (unpaired) electrons. The molecule has 0 fully saturated rings. The van der Waals surface area contributed by atoms with Crippen LogP contribution in [0.2, 0.25) is 5.02 Å². The van der Waals surface area contributed by atoms with E-state index in [1.807, 2.05) is 0 Å². The Kier molecular flexibility index (Phi) is 6.26. The first-order valence-corrected chi connectivity index (χ1v) is 9.39. The first-order chi connectivity index (χ1) is 9.65. The first-order valence-electron chi connectivity index (χ1n) is 5.91. The molecule has 7 nitrogen and oxygen atoms in total. The summed E-state index contributed by atoms with van der Waals surface area (Å²) in [4.78, 5) is 9.77. The number of halogens is 1. The predicted molar refractivity (Wildman–Crippen MR) is 81.4 cm³/mol. The molecule has 1 aromatic carbocycles. The number of nitrogens with zero attached hydrogens (tertiary/aromatic N) is 1. The number of hydrogen-bond donors (Lipinski definition) is 1. The number of nitrogens with one attached hydrogen (secondary N) is 1. The van der Waals surface area contributed by atoms with E-state index in [0.717, 1.165) is 12.1 Å². The van der Waals surface area contributed by atoms with Crippen LogP contribution >= 0.6 is 11.6 Å². The number of sulfonamides is 1. The minimum Gasteiger partial charge on any atom is -0.260 e. The molecular formula is C11H15ClN2O5S2. The standard InChI is InChI=1S/C11H15ClN2O5S2/c1-8(20(2)17)5-6-13-21(18,19)9-3-4-10(12)11(7-9)14(15)16/h3-4,7-8,13H,5-6H2,1-2H3. The normalized spacial score (nSPS) is 14.6. The Labute approximate surface area is 130 Å². The van der Waals surface area contributed by atoms with Crippen molar-refractivity contribution in [3.63, 3.8) is 0 Å². The summed E-state index contributed by atoms with van der Waals surface area (Å²) in [5.74, 6) is 0. The summed E-state index contributed by atoms with van der Waals surface area (Å²) < 4.78 is 37.5. The minimum atomic E-state index is -3.87. The monoisotopic (exact) mass is 354 g/mol. The van der Waals surface area contributed by atoms with Gasteiger partial charge in [-0.25, -0.2) is 13.1 Å². The highest BCUT2D eigenvalue weighted by atomic mass is 35.5. The summed E-state index contributed by atoms with van der Waals surface area (Å²) in [6.07, 6.45) is 1.94. The van der Waals surface area contributed by atoms with E-state index in [2.05, 4.69) is 4.72 Å². The molecule has 1 N–H and O–H groups in total. The molecule has 0 aliphatic heterocycles. The van der Waals surface area contributed by atoms with E-state index in [9.17, 15) is 22.7 Å². The molecule has 10 heteroatoms. The third kappa shape index (κ3) is 5.03. The summed E-state index contributed by atoms with van der Waals surface area (Å²) in [6, 6.07) is 3.27. The van der Waals surface area contributed by atoms with Gasteiger partial charge in [0, 0.05) is 34.9 Å². The van der Waals surface area contributed by atoms with Crippen LogP contribution in [0.25, 0.3) is 0 Å². The molecule has 0 aromatic heterocycles. The molecular weight excluding hydrogens is 340 g/mol. The van der Waals surface area contributed by atoms with Crippen LogP contribution in [-0.2, 0) is 20.8 Å². The van der Waals surface area contributed by atoms with Crippen LogP contribution in [0.1, 0.15) is 13.3 Å². The van der Waals surface area contributed by atoms with E-state index in [4.69, 9.17) is 11.6 Å². The molecule has 0 heterocycles. The van der Waals surface area contributed by atoms with Crippen molar-refractivity contribution in [3.8, 4) is 0 Å². The smallest absolute Gasteiger partial charge is 0.260 e. The zero-order chi connectivity index (χ0) is 16.2. The lowest BCUT2D eigenvalue weighted by Gasteiger charge is -2.10. The molecule has 21 heavy (non-hydrogen) atoms. The van der Waals surface area contributed by atoms with Gasteiger partial charge in [-0.15, -0.1) is 0 Å². The second-order valence-corrected chi connectivity index (χ2v) is 8.34. The van der Waals surface area contributed by atoms with Crippen LogP contribution < -0.4 is 4.72 Å². The lowest BCUT2D eigenvalue weighted by atomic mass is 10.3. The van der Waals surface area contributed by atoms with Crippen LogP contribution in [0.5, 0.6) is 0 Å². The van der Waals surface area contributed by atoms with Crippen molar-refractivity contribution in [3.05, 3.63) is 33.3 Å². The zero-order valence-corrected chi connectivity index (χ0v) is 13.8. The molecule has 0 amide bonds. The van der Waals surface area contributed by atoms with Gasteiger partial charge in [-0.2, -0.15) is 0 Å². The van der Waals surface area contributed by atoms with E-state index in [1.165, 1.54) is 6.07 Å². The molecule has 1 rings (SSSR count). The van der Waals surface area contributed by atoms with E-state index >= 15 is 0 Å². The third-order valence-corrected chi connectivity index (χ3v) is 5.98. The van der Waals surface area contributed by atoms with E-state index < -0.39 is 31.4 Å². The number of nitro groups is 1. The number of benzene rings is 1. The zero-order valence-electron chi connectivity index (χ0n) is 11.4. The molecule has 2 atom stereocenters. The molecule has 0 aliphatic carbocycles. The Hall–Kier alpha value is -1.03. The Morgan fingerprint density at radius 3 is 2.62 bits per heavy atom. The summed E-state index contributed by atoms with van der Waals surface area (Å²) in [5.41, 5.74) is -0.470. The van der Waals surface area contributed by atoms with Crippen molar-refractivity contribution in [2.75, 3.05) is 12.8 Å². The maximum absolute atomic E-state index is 12.0. The average molecular weight is 355 g/mol. The summed E-state index contributed by atoms with van der Waals surface area (Å²) in [6.45, 7) is 1.84. The first kappa shape index (κ1) is 18.0. The highest BCUT2D eigenvalue weighted by Crippen LogP contribution is 2.26. The van der Waals surface area contributed by atoms with Gasteiger partial charge in [0.05, 0.1) is 9.82 Å². The lowest BCUT2D eigenvalue weighted by molar-refractivity contribution is -0.384. The van der Waals surface area contributed by atoms with Gasteiger partial charge in [0.25, 0.3) is 5.69 Å². The Balaban J connectivity index is 2.86. The highest BCUT2D eigenvalue weighted by molar-refractivity contribution is 7.89. The summed E-state index contributed by atoms with van der Waals surface area (Å²) >= 11 is 5.63. The van der Waals surface area contributed by atoms with Crippen LogP contribution in [-0.4, -0.2) is 35.6 Å². The molecule has 0 bridgehead atoms. The Morgan fingerprint density at radius 2 is 2.10 bits per heavy atom. The average Bonchev–Trinajstić information content (AvgIpc) is 2.38. The summed E-state index contributed by atoms with van der Waals surface area (Å²) in [7, 11) is -4.90. The molecule has 1 aromatic rings. The second-order valence-electron chi connectivity index (χ2n) is 4.37. The van der Waals surface area contributed by atoms with Gasteiger partial charge < -0.3 is 0 Å². The number of nitro benzene ring substituents is 1. The van der Waals surface area contributed by atoms with E-state index in [1.54, 1.807) is 13.2 Å². The second kappa shape index (κ2) is 7.30. The quantitative estimate of drug-likeness (QED) is 0.592. The van der Waals surface area contributed by atoms with Crippen LogP contribution in [0.15, 0.2) is 23.1 Å². The van der Waals surface area contributed by atoms with Crippen molar-refractivity contribution in [2.45, 2.75) is 23.5 Å². The van der Waals surface area contributed by atoms with Crippen molar-refractivity contribution in [2.24, 2.45) is 0 Å². The van der Waals surface area contributed by atoms with Crippen LogP contribution in [0.4, 0.5) is 5.69 Å². The number of rotatable bonds is 7. The fraction of sp³-hybridized carbons (Fsp3) is 0.455. The third-order valence-electron chi connectivity index (χ3n) is 2.83. The molecule has 0 aliphatic rings. The fourth-order valence-corrected chi connectivity index (χ4v) is 3.15. The SMILES string of the molecule is CC(CCNS(=O)(=O)c1ccc(Cl)c([N+](=O)[O-])c1)S(C)=O. The Bertz CT molecular complexity index is 663. The van der Waals surface area contributed by atoms with Gasteiger partial charge in [0.2, 0.25) is 10.0 Å². The largest absolute Gasteiger partial charge is 0.289 e. The van der Waals surface area contributed by atoms with Gasteiger partial charge in [0.15, 0.2) is 0 Å². The van der Waals surface area contributed by atoms with Crippen LogP contribution in [0.3, 0.4) is 0 Å². The van der Waals surface area contributed by atoms with Gasteiger partial charge in [0.1, 0.15) is 5.02 Å². The fourth-order valence-electron chi connectivity index (χ4n) is 1.45. The van der Waals surface area contributed by atoms with E-state index in [-0.39, 0.29) is 21.7 Å². The van der Waals surface area contributed by atoms with E-state index in [0.29, 0.717) is 6.42 Å². The molecule has 2 unspecified atom stereocenters. The molecule has 118 valence electrons. The highest BCUT2D eigenvalue weighted by Gasteiger charge is 2.20. The van der Waals surface area contributed by atoms with Crippen molar-refractivity contribution in [1.82, 2.24) is 4.72 Å².